The van der Waals surface area contributed by atoms with Crippen LogP contribution in [0, 0.1) is 0 Å². The first-order valence-corrected chi connectivity index (χ1v) is 5.39. The van der Waals surface area contributed by atoms with E-state index >= 15 is 0 Å². The summed E-state index contributed by atoms with van der Waals surface area (Å²) in [7, 11) is 3.18. The Labute approximate surface area is 104 Å². The fourth-order valence-electron chi connectivity index (χ4n) is 1.59. The van der Waals surface area contributed by atoms with Gasteiger partial charge in [-0.2, -0.15) is 0 Å². The molecule has 0 atom stereocenters. The van der Waals surface area contributed by atoms with E-state index in [0.717, 1.165) is 10.9 Å². The second-order valence-electron chi connectivity index (χ2n) is 3.46. The van der Waals surface area contributed by atoms with Crippen molar-refractivity contribution in [2.75, 3.05) is 14.2 Å². The maximum absolute atomic E-state index is 5.54. The third-order valence-corrected chi connectivity index (χ3v) is 2.66. The highest BCUT2D eigenvalue weighted by atomic mass is 32.1. The quantitative estimate of drug-likeness (QED) is 0.840. The van der Waals surface area contributed by atoms with E-state index in [-0.39, 0.29) is 4.99 Å². The van der Waals surface area contributed by atoms with Gasteiger partial charge in [0.15, 0.2) is 11.5 Å². The highest BCUT2D eigenvalue weighted by Crippen LogP contribution is 2.31. The molecule has 0 aliphatic rings. The van der Waals surface area contributed by atoms with Gasteiger partial charge in [0.05, 0.1) is 25.4 Å². The van der Waals surface area contributed by atoms with Crippen molar-refractivity contribution in [3.63, 3.8) is 0 Å². The van der Waals surface area contributed by atoms with Gasteiger partial charge in [0.25, 0.3) is 0 Å². The fraction of sp³-hybridized carbons (Fsp3) is 0.167. The number of hydrogen-bond donors (Lipinski definition) is 1. The molecule has 0 saturated carbocycles. The molecule has 0 radical (unpaired) electrons. The third-order valence-electron chi connectivity index (χ3n) is 2.45. The van der Waals surface area contributed by atoms with E-state index in [0.29, 0.717) is 17.2 Å². The molecule has 2 aromatic rings. The molecule has 2 rings (SSSR count). The largest absolute Gasteiger partial charge is 0.493 e. The van der Waals surface area contributed by atoms with Crippen LogP contribution in [0.2, 0.25) is 0 Å². The van der Waals surface area contributed by atoms with E-state index in [1.54, 1.807) is 26.4 Å². The van der Waals surface area contributed by atoms with Crippen LogP contribution < -0.4 is 15.2 Å². The predicted molar refractivity (Wildman–Crippen MR) is 70.7 cm³/mol. The van der Waals surface area contributed by atoms with Crippen molar-refractivity contribution in [3.05, 3.63) is 30.0 Å². The number of hydrogen-bond acceptors (Lipinski definition) is 4. The van der Waals surface area contributed by atoms with Crippen molar-refractivity contribution < 1.29 is 9.47 Å². The van der Waals surface area contributed by atoms with Gasteiger partial charge in [-0.1, -0.05) is 18.3 Å². The van der Waals surface area contributed by atoms with Crippen molar-refractivity contribution in [2.24, 2.45) is 5.73 Å². The Morgan fingerprint density at radius 3 is 2.41 bits per heavy atom. The average molecular weight is 248 g/mol. The lowest BCUT2D eigenvalue weighted by Gasteiger charge is -2.09. The topological polar surface area (TPSA) is 57.4 Å². The first kappa shape index (κ1) is 11.6. The molecule has 1 aromatic heterocycles. The van der Waals surface area contributed by atoms with Gasteiger partial charge in [-0.15, -0.1) is 0 Å². The molecular weight excluding hydrogens is 236 g/mol. The van der Waals surface area contributed by atoms with Gasteiger partial charge in [-0.3, -0.25) is 0 Å². The number of fused-ring (bicyclic) bond motifs is 1. The van der Waals surface area contributed by atoms with Crippen LogP contribution in [0.15, 0.2) is 24.3 Å². The average Bonchev–Trinajstić information content (AvgIpc) is 2.36. The highest BCUT2D eigenvalue weighted by molar-refractivity contribution is 7.80. The Bertz CT molecular complexity index is 584. The molecular formula is C12H12N2O2S. The van der Waals surface area contributed by atoms with Crippen molar-refractivity contribution in [3.8, 4) is 11.5 Å². The first-order valence-electron chi connectivity index (χ1n) is 4.98. The second kappa shape index (κ2) is 4.55. The highest BCUT2D eigenvalue weighted by Gasteiger charge is 2.08. The maximum Gasteiger partial charge on any atom is 0.162 e. The molecule has 0 aliphatic carbocycles. The summed E-state index contributed by atoms with van der Waals surface area (Å²) in [6.07, 6.45) is 0. The summed E-state index contributed by atoms with van der Waals surface area (Å²) in [5.41, 5.74) is 6.91. The van der Waals surface area contributed by atoms with Crippen LogP contribution in [-0.4, -0.2) is 24.2 Å². The SMILES string of the molecule is COc1cc2ccc(C(N)=S)nc2cc1OC. The summed E-state index contributed by atoms with van der Waals surface area (Å²) in [4.78, 5) is 4.64. The molecule has 0 bridgehead atoms. The maximum atomic E-state index is 5.54. The van der Waals surface area contributed by atoms with Gasteiger partial charge in [-0.25, -0.2) is 4.98 Å². The lowest BCUT2D eigenvalue weighted by molar-refractivity contribution is 0.356. The van der Waals surface area contributed by atoms with E-state index < -0.39 is 0 Å². The Hall–Kier alpha value is -1.88. The minimum absolute atomic E-state index is 0.279. The van der Waals surface area contributed by atoms with Gasteiger partial charge < -0.3 is 15.2 Å². The summed E-state index contributed by atoms with van der Waals surface area (Å²) < 4.78 is 10.4. The van der Waals surface area contributed by atoms with E-state index in [9.17, 15) is 0 Å². The number of thiocarbonyl (C=S) groups is 1. The second-order valence-corrected chi connectivity index (χ2v) is 3.90. The van der Waals surface area contributed by atoms with E-state index in [2.05, 4.69) is 4.98 Å². The summed E-state index contributed by atoms with van der Waals surface area (Å²) in [6.45, 7) is 0. The monoisotopic (exact) mass is 248 g/mol. The Morgan fingerprint density at radius 2 is 1.82 bits per heavy atom. The number of ether oxygens (including phenoxy) is 2. The molecule has 4 nitrogen and oxygen atoms in total. The lowest BCUT2D eigenvalue weighted by atomic mass is 10.2. The minimum atomic E-state index is 0.279. The number of aromatic nitrogens is 1. The Balaban J connectivity index is 2.66. The molecule has 0 spiro atoms. The normalized spacial score (nSPS) is 10.2. The molecule has 0 fully saturated rings. The molecule has 1 aromatic carbocycles. The van der Waals surface area contributed by atoms with Crippen molar-refractivity contribution in [2.45, 2.75) is 0 Å². The van der Waals surface area contributed by atoms with Crippen LogP contribution in [0.1, 0.15) is 5.69 Å². The molecule has 17 heavy (non-hydrogen) atoms. The van der Waals surface area contributed by atoms with Crippen LogP contribution in [0.4, 0.5) is 0 Å². The standard InChI is InChI=1S/C12H12N2O2S/c1-15-10-5-7-3-4-8(12(13)17)14-9(7)6-11(10)16-2/h3-6H,1-2H3,(H2,13,17). The Morgan fingerprint density at radius 1 is 1.18 bits per heavy atom. The Kier molecular flexibility index (Phi) is 3.10. The zero-order valence-corrected chi connectivity index (χ0v) is 10.4. The number of nitrogens with two attached hydrogens (primary N) is 1. The van der Waals surface area contributed by atoms with Crippen LogP contribution in [0.25, 0.3) is 10.9 Å². The summed E-state index contributed by atoms with van der Waals surface area (Å²) in [6, 6.07) is 7.36. The number of rotatable bonds is 3. The fourth-order valence-corrected chi connectivity index (χ4v) is 1.70. The molecule has 5 heteroatoms. The molecule has 0 unspecified atom stereocenters. The summed E-state index contributed by atoms with van der Waals surface area (Å²) in [5, 5.41) is 0.947. The van der Waals surface area contributed by atoms with E-state index in [1.165, 1.54) is 0 Å². The van der Waals surface area contributed by atoms with Crippen LogP contribution in [0.3, 0.4) is 0 Å². The van der Waals surface area contributed by atoms with Crippen LogP contribution >= 0.6 is 12.2 Å². The van der Waals surface area contributed by atoms with E-state index in [1.807, 2.05) is 12.1 Å². The number of nitrogens with zero attached hydrogens (tertiary/aromatic N) is 1. The molecule has 1 heterocycles. The number of pyridine rings is 1. The predicted octanol–water partition coefficient (Wildman–Crippen LogP) is 1.89. The first-order chi connectivity index (χ1) is 8.15. The van der Waals surface area contributed by atoms with E-state index in [4.69, 9.17) is 27.4 Å². The smallest absolute Gasteiger partial charge is 0.162 e. The summed E-state index contributed by atoms with van der Waals surface area (Å²) >= 11 is 4.89. The third kappa shape index (κ3) is 2.14. The molecule has 2 N–H and O–H groups in total. The van der Waals surface area contributed by atoms with Crippen molar-refractivity contribution in [1.29, 1.82) is 0 Å². The van der Waals surface area contributed by atoms with Gasteiger partial charge in [0, 0.05) is 11.5 Å². The van der Waals surface area contributed by atoms with Crippen molar-refractivity contribution >= 4 is 28.1 Å². The van der Waals surface area contributed by atoms with Gasteiger partial charge in [-0.05, 0) is 12.1 Å². The van der Waals surface area contributed by atoms with Crippen LogP contribution in [0.5, 0.6) is 11.5 Å². The zero-order chi connectivity index (χ0) is 12.4. The molecule has 0 aliphatic heterocycles. The zero-order valence-electron chi connectivity index (χ0n) is 9.56. The molecule has 0 amide bonds. The molecule has 88 valence electrons. The summed E-state index contributed by atoms with van der Waals surface area (Å²) in [5.74, 6) is 1.30. The van der Waals surface area contributed by atoms with Gasteiger partial charge >= 0.3 is 0 Å². The number of benzene rings is 1. The van der Waals surface area contributed by atoms with Gasteiger partial charge in [0.1, 0.15) is 4.99 Å². The lowest BCUT2D eigenvalue weighted by Crippen LogP contribution is -2.11. The van der Waals surface area contributed by atoms with Crippen molar-refractivity contribution in [1.82, 2.24) is 4.98 Å². The van der Waals surface area contributed by atoms with Gasteiger partial charge in [0.2, 0.25) is 0 Å². The molecule has 0 saturated heterocycles. The number of methoxy groups -OCH3 is 2. The minimum Gasteiger partial charge on any atom is -0.493 e. The van der Waals surface area contributed by atoms with Crippen LogP contribution in [-0.2, 0) is 0 Å².